The predicted octanol–water partition coefficient (Wildman–Crippen LogP) is 5.70. The summed E-state index contributed by atoms with van der Waals surface area (Å²) in [5, 5.41) is 3.54. The lowest BCUT2D eigenvalue weighted by molar-refractivity contribution is 0.0910. The lowest BCUT2D eigenvalue weighted by Gasteiger charge is -2.29. The van der Waals surface area contributed by atoms with Crippen LogP contribution in [0.1, 0.15) is 72.5 Å². The van der Waals surface area contributed by atoms with Crippen LogP contribution in [0.25, 0.3) is 11.0 Å². The molecule has 2 aromatic carbocycles. The molecule has 1 fully saturated rings. The molecule has 1 aliphatic rings. The van der Waals surface area contributed by atoms with Crippen LogP contribution in [0.2, 0.25) is 0 Å². The highest BCUT2D eigenvalue weighted by Crippen LogP contribution is 2.28. The van der Waals surface area contributed by atoms with Gasteiger partial charge in [0.15, 0.2) is 11.2 Å². The number of carbonyl (C=O) groups is 1. The zero-order valence-corrected chi connectivity index (χ0v) is 21.6. The first-order chi connectivity index (χ1) is 15.6. The molecular weight excluding hydrogens is 448 g/mol. The summed E-state index contributed by atoms with van der Waals surface area (Å²) in [5.74, 6) is -0.296. The van der Waals surface area contributed by atoms with E-state index in [0.717, 1.165) is 24.2 Å². The van der Waals surface area contributed by atoms with E-state index in [1.807, 2.05) is 19.9 Å². The Morgan fingerprint density at radius 1 is 1.06 bits per heavy atom. The largest absolute Gasteiger partial charge is 0.450 e. The fraction of sp³-hybridized carbons (Fsp3) is 0.429. The number of likely N-dealkylation sites (tertiary alicyclic amines) is 1. The van der Waals surface area contributed by atoms with Crippen molar-refractivity contribution in [3.05, 3.63) is 80.7 Å². The zero-order valence-electron chi connectivity index (χ0n) is 20.7. The number of rotatable bonds is 5. The molecule has 0 aliphatic carbocycles. The average Bonchev–Trinajstić information content (AvgIpc) is 3.31. The van der Waals surface area contributed by atoms with Crippen LogP contribution in [-0.4, -0.2) is 30.4 Å². The summed E-state index contributed by atoms with van der Waals surface area (Å²) in [7, 11) is 0. The zero-order chi connectivity index (χ0) is 23.8. The summed E-state index contributed by atoms with van der Waals surface area (Å²) in [5.41, 5.74) is 4.78. The van der Waals surface area contributed by atoms with E-state index < -0.39 is 0 Å². The van der Waals surface area contributed by atoms with Gasteiger partial charge in [-0.2, -0.15) is 0 Å². The van der Waals surface area contributed by atoms with E-state index in [2.05, 4.69) is 55.3 Å². The van der Waals surface area contributed by atoms with Gasteiger partial charge in [0.25, 0.3) is 5.91 Å². The van der Waals surface area contributed by atoms with Crippen molar-refractivity contribution in [2.45, 2.75) is 58.9 Å². The van der Waals surface area contributed by atoms with Crippen LogP contribution in [0, 0.1) is 13.8 Å². The number of carbonyl (C=O) groups excluding carboxylic acids is 1. The van der Waals surface area contributed by atoms with Crippen LogP contribution >= 0.6 is 12.4 Å². The summed E-state index contributed by atoms with van der Waals surface area (Å²) in [6.07, 6.45) is 2.34. The Morgan fingerprint density at radius 3 is 2.32 bits per heavy atom. The van der Waals surface area contributed by atoms with Gasteiger partial charge in [-0.05, 0) is 73.5 Å². The third-order valence-corrected chi connectivity index (χ3v) is 6.84. The summed E-state index contributed by atoms with van der Waals surface area (Å²) >= 11 is 0. The van der Waals surface area contributed by atoms with Crippen LogP contribution in [0.3, 0.4) is 0 Å². The van der Waals surface area contributed by atoms with Crippen molar-refractivity contribution >= 4 is 29.3 Å². The molecule has 1 saturated heterocycles. The molecule has 182 valence electrons. The Labute approximate surface area is 207 Å². The number of halogens is 1. The molecule has 1 atom stereocenters. The Hall–Kier alpha value is -2.63. The van der Waals surface area contributed by atoms with Crippen LogP contribution in [0.5, 0.6) is 0 Å². The van der Waals surface area contributed by atoms with E-state index in [0.29, 0.717) is 17.5 Å². The van der Waals surface area contributed by atoms with E-state index in [4.69, 9.17) is 4.42 Å². The van der Waals surface area contributed by atoms with E-state index in [9.17, 15) is 9.59 Å². The molecular formula is C28H35ClN2O3. The smallest absolute Gasteiger partial charge is 0.287 e. The number of benzene rings is 2. The van der Waals surface area contributed by atoms with Gasteiger partial charge in [0.1, 0.15) is 5.58 Å². The van der Waals surface area contributed by atoms with Crippen molar-refractivity contribution in [2.24, 2.45) is 0 Å². The molecule has 5 nitrogen and oxygen atoms in total. The highest BCUT2D eigenvalue weighted by atomic mass is 35.5. The van der Waals surface area contributed by atoms with E-state index in [1.165, 1.54) is 30.0 Å². The maximum absolute atomic E-state index is 13.0. The average molecular weight is 483 g/mol. The first-order valence-corrected chi connectivity index (χ1v) is 11.8. The SMILES string of the molecule is Cc1ccc2c(=O)cc(C(=O)NCC(c3ccc(C(C)(C)C)cc3)N3CCCC3)oc2c1C.Cl. The molecule has 1 unspecified atom stereocenters. The summed E-state index contributed by atoms with van der Waals surface area (Å²) in [6, 6.07) is 13.8. The second-order valence-electron chi connectivity index (χ2n) is 10.2. The first kappa shape index (κ1) is 26.0. The molecule has 4 rings (SSSR count). The maximum atomic E-state index is 13.0. The number of aryl methyl sites for hydroxylation is 2. The van der Waals surface area contributed by atoms with Crippen molar-refractivity contribution in [3.8, 4) is 0 Å². The van der Waals surface area contributed by atoms with Gasteiger partial charge in [0.2, 0.25) is 0 Å². The number of hydrogen-bond donors (Lipinski definition) is 1. The van der Waals surface area contributed by atoms with Gasteiger partial charge >= 0.3 is 0 Å². The molecule has 1 aliphatic heterocycles. The Bertz CT molecular complexity index is 1220. The maximum Gasteiger partial charge on any atom is 0.287 e. The van der Waals surface area contributed by atoms with Crippen LogP contribution in [0.4, 0.5) is 0 Å². The molecule has 1 amide bonds. The van der Waals surface area contributed by atoms with E-state index >= 15 is 0 Å². The molecule has 3 aromatic rings. The van der Waals surface area contributed by atoms with Crippen molar-refractivity contribution in [3.63, 3.8) is 0 Å². The normalized spacial score (nSPS) is 15.2. The number of amides is 1. The van der Waals surface area contributed by atoms with E-state index in [1.54, 1.807) is 6.07 Å². The van der Waals surface area contributed by atoms with Gasteiger partial charge in [0, 0.05) is 12.6 Å². The second-order valence-corrected chi connectivity index (χ2v) is 10.2. The van der Waals surface area contributed by atoms with Gasteiger partial charge in [-0.25, -0.2) is 0 Å². The monoisotopic (exact) mass is 482 g/mol. The highest BCUT2D eigenvalue weighted by Gasteiger charge is 2.25. The third-order valence-electron chi connectivity index (χ3n) is 6.84. The summed E-state index contributed by atoms with van der Waals surface area (Å²) < 4.78 is 5.91. The molecule has 0 radical (unpaired) electrons. The predicted molar refractivity (Wildman–Crippen MR) is 140 cm³/mol. The number of fused-ring (bicyclic) bond motifs is 1. The molecule has 1 aromatic heterocycles. The molecule has 1 N–H and O–H groups in total. The highest BCUT2D eigenvalue weighted by molar-refractivity contribution is 5.93. The van der Waals surface area contributed by atoms with Crippen LogP contribution in [0.15, 0.2) is 51.7 Å². The summed E-state index contributed by atoms with van der Waals surface area (Å²) in [4.78, 5) is 28.0. The van der Waals surface area contributed by atoms with Crippen molar-refractivity contribution in [1.29, 1.82) is 0 Å². The lowest BCUT2D eigenvalue weighted by Crippen LogP contribution is -2.37. The van der Waals surface area contributed by atoms with Gasteiger partial charge in [-0.15, -0.1) is 12.4 Å². The first-order valence-electron chi connectivity index (χ1n) is 11.8. The number of hydrogen-bond acceptors (Lipinski definition) is 4. The van der Waals surface area contributed by atoms with Gasteiger partial charge in [-0.3, -0.25) is 14.5 Å². The fourth-order valence-corrected chi connectivity index (χ4v) is 4.56. The molecule has 0 saturated carbocycles. The lowest BCUT2D eigenvalue weighted by atomic mass is 9.86. The molecule has 34 heavy (non-hydrogen) atoms. The second kappa shape index (κ2) is 10.3. The fourth-order valence-electron chi connectivity index (χ4n) is 4.56. The van der Waals surface area contributed by atoms with Crippen molar-refractivity contribution in [1.82, 2.24) is 10.2 Å². The molecule has 0 spiro atoms. The quantitative estimate of drug-likeness (QED) is 0.507. The van der Waals surface area contributed by atoms with Crippen LogP contribution < -0.4 is 10.7 Å². The van der Waals surface area contributed by atoms with Crippen molar-refractivity contribution in [2.75, 3.05) is 19.6 Å². The Morgan fingerprint density at radius 2 is 1.71 bits per heavy atom. The minimum absolute atomic E-state index is 0. The standard InChI is InChI=1S/C28H34N2O3.ClH/c1-18-8-13-22-24(31)16-25(33-26(22)19(18)2)27(32)29-17-23(30-14-6-7-15-30)20-9-11-21(12-10-20)28(3,4)5;/h8-13,16,23H,6-7,14-15,17H2,1-5H3,(H,29,32);1H. The summed E-state index contributed by atoms with van der Waals surface area (Å²) in [6.45, 7) is 13.0. The number of nitrogens with one attached hydrogen (secondary N) is 1. The van der Waals surface area contributed by atoms with Gasteiger partial charge in [-0.1, -0.05) is 51.1 Å². The Balaban J connectivity index is 0.00000324. The molecule has 2 heterocycles. The molecule has 6 heteroatoms. The Kier molecular flexibility index (Phi) is 7.89. The minimum atomic E-state index is -0.356. The minimum Gasteiger partial charge on any atom is -0.450 e. The van der Waals surface area contributed by atoms with Crippen LogP contribution in [-0.2, 0) is 5.41 Å². The third kappa shape index (κ3) is 5.37. The van der Waals surface area contributed by atoms with Crippen molar-refractivity contribution < 1.29 is 9.21 Å². The van der Waals surface area contributed by atoms with E-state index in [-0.39, 0.29) is 41.0 Å². The topological polar surface area (TPSA) is 62.6 Å². The van der Waals surface area contributed by atoms with Gasteiger partial charge < -0.3 is 9.73 Å². The molecule has 0 bridgehead atoms. The number of nitrogens with zero attached hydrogens (tertiary/aromatic N) is 1. The van der Waals surface area contributed by atoms with Gasteiger partial charge in [0.05, 0.1) is 11.4 Å².